The van der Waals surface area contributed by atoms with Crippen LogP contribution in [0.4, 0.5) is 0 Å². The number of benzene rings is 3. The van der Waals surface area contributed by atoms with E-state index in [1.165, 1.54) is 0 Å². The van der Waals surface area contributed by atoms with E-state index in [-0.39, 0.29) is 30.1 Å². The summed E-state index contributed by atoms with van der Waals surface area (Å²) in [6.45, 7) is 8.45. The summed E-state index contributed by atoms with van der Waals surface area (Å²) in [7, 11) is 1.60. The number of rotatable bonds is 11. The summed E-state index contributed by atoms with van der Waals surface area (Å²) < 4.78 is 5.96. The molecule has 2 atom stereocenters. The molecule has 0 saturated carbocycles. The predicted molar refractivity (Wildman–Crippen MR) is 185 cm³/mol. The lowest BCUT2D eigenvalue weighted by Crippen LogP contribution is -2.75. The third-order valence-electron chi connectivity index (χ3n) is 9.66. The molecular formula is C37H47ClN4O5. The van der Waals surface area contributed by atoms with E-state index in [9.17, 15) is 19.5 Å². The molecular weight excluding hydrogens is 616 g/mol. The van der Waals surface area contributed by atoms with Gasteiger partial charge in [0.2, 0.25) is 11.8 Å². The van der Waals surface area contributed by atoms with Gasteiger partial charge in [-0.3, -0.25) is 19.3 Å². The Hall–Kier alpha value is -3.92. The molecule has 1 spiro atoms. The SMILES string of the molecule is CCCCN1C(=O)[C@@H]([C@H](O)C(C)(C)c2ccccc2)NC(=O)C12CCN(Cc1ccc(Oc3ccc(C(=O)NC)cc3)cc1)CC2.Cl. The number of unbranched alkanes of at least 4 members (excludes halogenated alkanes) is 1. The Morgan fingerprint density at radius 1 is 1.00 bits per heavy atom. The number of nitrogens with zero attached hydrogens (tertiary/aromatic N) is 2. The van der Waals surface area contributed by atoms with Crippen LogP contribution in [-0.2, 0) is 21.5 Å². The van der Waals surface area contributed by atoms with E-state index < -0.39 is 23.1 Å². The number of aliphatic hydroxyl groups excluding tert-OH is 1. The molecule has 2 saturated heterocycles. The first-order chi connectivity index (χ1) is 22.1. The van der Waals surface area contributed by atoms with Crippen molar-refractivity contribution < 1.29 is 24.2 Å². The van der Waals surface area contributed by atoms with Crippen LogP contribution >= 0.6 is 12.4 Å². The molecule has 5 rings (SSSR count). The average molecular weight is 663 g/mol. The van der Waals surface area contributed by atoms with Crippen LogP contribution in [0.3, 0.4) is 0 Å². The maximum atomic E-state index is 14.1. The largest absolute Gasteiger partial charge is 0.457 e. The van der Waals surface area contributed by atoms with Crippen molar-refractivity contribution >= 4 is 30.1 Å². The molecule has 3 N–H and O–H groups in total. The predicted octanol–water partition coefficient (Wildman–Crippen LogP) is 5.06. The number of aliphatic hydroxyl groups is 1. The summed E-state index contributed by atoms with van der Waals surface area (Å²) in [6.07, 6.45) is 1.68. The van der Waals surface area contributed by atoms with Crippen LogP contribution in [0.15, 0.2) is 78.9 Å². The van der Waals surface area contributed by atoms with Crippen molar-refractivity contribution in [3.05, 3.63) is 95.6 Å². The van der Waals surface area contributed by atoms with Crippen molar-refractivity contribution in [2.24, 2.45) is 0 Å². The summed E-state index contributed by atoms with van der Waals surface area (Å²) in [5.41, 5.74) is 0.949. The molecule has 47 heavy (non-hydrogen) atoms. The van der Waals surface area contributed by atoms with E-state index >= 15 is 0 Å². The summed E-state index contributed by atoms with van der Waals surface area (Å²) >= 11 is 0. The highest BCUT2D eigenvalue weighted by Gasteiger charge is 2.56. The zero-order chi connectivity index (χ0) is 32.9. The van der Waals surface area contributed by atoms with Gasteiger partial charge in [0.1, 0.15) is 23.1 Å². The second-order valence-electron chi connectivity index (χ2n) is 13.0. The molecule has 2 aliphatic rings. The number of nitrogens with one attached hydrogen (secondary N) is 2. The number of piperazine rings is 1. The van der Waals surface area contributed by atoms with Crippen LogP contribution in [0.5, 0.6) is 11.5 Å². The van der Waals surface area contributed by atoms with Gasteiger partial charge in [-0.2, -0.15) is 0 Å². The topological polar surface area (TPSA) is 111 Å². The van der Waals surface area contributed by atoms with Crippen molar-refractivity contribution in [2.75, 3.05) is 26.7 Å². The summed E-state index contributed by atoms with van der Waals surface area (Å²) in [4.78, 5) is 43.9. The number of ether oxygens (including phenoxy) is 1. The van der Waals surface area contributed by atoms with E-state index in [2.05, 4.69) is 22.5 Å². The molecule has 3 amide bonds. The molecule has 0 aromatic heterocycles. The van der Waals surface area contributed by atoms with Gasteiger partial charge in [-0.05, 0) is 66.8 Å². The van der Waals surface area contributed by atoms with Gasteiger partial charge >= 0.3 is 0 Å². The zero-order valence-electron chi connectivity index (χ0n) is 27.7. The lowest BCUT2D eigenvalue weighted by atomic mass is 9.74. The molecule has 2 heterocycles. The van der Waals surface area contributed by atoms with Crippen LogP contribution < -0.4 is 15.4 Å². The van der Waals surface area contributed by atoms with Gasteiger partial charge < -0.3 is 25.4 Å². The number of hydrogen-bond donors (Lipinski definition) is 3. The lowest BCUT2D eigenvalue weighted by Gasteiger charge is -2.53. The fourth-order valence-electron chi connectivity index (χ4n) is 6.60. The minimum Gasteiger partial charge on any atom is -0.457 e. The number of hydrogen-bond acceptors (Lipinski definition) is 6. The fourth-order valence-corrected chi connectivity index (χ4v) is 6.60. The van der Waals surface area contributed by atoms with E-state index in [1.807, 2.05) is 68.4 Å². The van der Waals surface area contributed by atoms with Crippen LogP contribution in [0.1, 0.15) is 67.9 Å². The quantitative estimate of drug-likeness (QED) is 0.265. The van der Waals surface area contributed by atoms with Gasteiger partial charge in [0.05, 0.1) is 6.10 Å². The molecule has 2 fully saturated rings. The Labute approximate surface area is 284 Å². The molecule has 3 aromatic carbocycles. The number of amides is 3. The second-order valence-corrected chi connectivity index (χ2v) is 13.0. The van der Waals surface area contributed by atoms with Gasteiger partial charge in [0, 0.05) is 44.2 Å². The monoisotopic (exact) mass is 662 g/mol. The molecule has 10 heteroatoms. The van der Waals surface area contributed by atoms with Crippen molar-refractivity contribution in [2.45, 2.75) is 76.1 Å². The normalized spacial score (nSPS) is 18.7. The first kappa shape index (κ1) is 35.9. The standard InChI is InChI=1S/C37H46N4O5.ClH/c1-5-6-22-41-34(44)31(32(42)36(2,3)28-10-8-7-9-11-28)39-35(45)37(41)20-23-40(24-21-37)25-26-12-16-29(17-13-26)46-30-18-14-27(15-19-30)33(43)38-4;/h7-19,31-32,42H,5-6,20-25H2,1-4H3,(H,38,43)(H,39,45);1H/t31-,32+;/m1./s1. The van der Waals surface area contributed by atoms with Crippen molar-refractivity contribution in [1.82, 2.24) is 20.4 Å². The molecule has 0 unspecified atom stereocenters. The minimum atomic E-state index is -1.08. The summed E-state index contributed by atoms with van der Waals surface area (Å²) in [5, 5.41) is 17.1. The Morgan fingerprint density at radius 3 is 2.17 bits per heavy atom. The maximum absolute atomic E-state index is 14.1. The highest BCUT2D eigenvalue weighted by Crippen LogP contribution is 2.37. The zero-order valence-corrected chi connectivity index (χ0v) is 28.5. The fraction of sp³-hybridized carbons (Fsp3) is 0.432. The average Bonchev–Trinajstić information content (AvgIpc) is 3.08. The minimum absolute atomic E-state index is 0. The first-order valence-electron chi connectivity index (χ1n) is 16.3. The number of piperidine rings is 1. The molecule has 2 aliphatic heterocycles. The number of carbonyl (C=O) groups excluding carboxylic acids is 3. The molecule has 252 valence electrons. The van der Waals surface area contributed by atoms with E-state index in [0.29, 0.717) is 56.1 Å². The second kappa shape index (κ2) is 15.3. The lowest BCUT2D eigenvalue weighted by molar-refractivity contribution is -0.166. The molecule has 0 aliphatic carbocycles. The number of halogens is 1. The highest BCUT2D eigenvalue weighted by molar-refractivity contribution is 6.00. The molecule has 0 bridgehead atoms. The summed E-state index contributed by atoms with van der Waals surface area (Å²) in [5.74, 6) is 0.838. The Balaban J connectivity index is 0.00000500. The van der Waals surface area contributed by atoms with Crippen LogP contribution in [0.25, 0.3) is 0 Å². The van der Waals surface area contributed by atoms with Gasteiger partial charge in [-0.25, -0.2) is 0 Å². The van der Waals surface area contributed by atoms with Crippen LogP contribution in [-0.4, -0.2) is 77.0 Å². The van der Waals surface area contributed by atoms with Crippen molar-refractivity contribution in [3.8, 4) is 11.5 Å². The van der Waals surface area contributed by atoms with Gasteiger partial charge in [0.25, 0.3) is 5.91 Å². The summed E-state index contributed by atoms with van der Waals surface area (Å²) in [6, 6.07) is 23.5. The molecule has 0 radical (unpaired) electrons. The van der Waals surface area contributed by atoms with Crippen LogP contribution in [0, 0.1) is 0 Å². The van der Waals surface area contributed by atoms with E-state index in [4.69, 9.17) is 4.74 Å². The van der Waals surface area contributed by atoms with Gasteiger partial charge in [-0.1, -0.05) is 69.7 Å². The van der Waals surface area contributed by atoms with Crippen LogP contribution in [0.2, 0.25) is 0 Å². The molecule has 3 aromatic rings. The first-order valence-corrected chi connectivity index (χ1v) is 16.3. The maximum Gasteiger partial charge on any atom is 0.251 e. The van der Waals surface area contributed by atoms with Gasteiger partial charge in [0.15, 0.2) is 0 Å². The van der Waals surface area contributed by atoms with Gasteiger partial charge in [-0.15, -0.1) is 12.4 Å². The number of likely N-dealkylation sites (tertiary alicyclic amines) is 1. The van der Waals surface area contributed by atoms with E-state index in [0.717, 1.165) is 24.0 Å². The molecule has 9 nitrogen and oxygen atoms in total. The highest BCUT2D eigenvalue weighted by atomic mass is 35.5. The third kappa shape index (κ3) is 7.64. The van der Waals surface area contributed by atoms with E-state index in [1.54, 1.807) is 36.2 Å². The smallest absolute Gasteiger partial charge is 0.251 e. The number of carbonyl (C=O) groups is 3. The third-order valence-corrected chi connectivity index (χ3v) is 9.66. The Kier molecular flexibility index (Phi) is 11.7. The van der Waals surface area contributed by atoms with Crippen molar-refractivity contribution in [3.63, 3.8) is 0 Å². The van der Waals surface area contributed by atoms with Crippen molar-refractivity contribution in [1.29, 1.82) is 0 Å². The Morgan fingerprint density at radius 2 is 1.60 bits per heavy atom. The Bertz CT molecular complexity index is 1510.